The first-order valence-corrected chi connectivity index (χ1v) is 8.88. The first kappa shape index (κ1) is 22.2. The van der Waals surface area contributed by atoms with Crippen molar-refractivity contribution in [2.75, 3.05) is 38.0 Å². The zero-order chi connectivity index (χ0) is 21.4. The monoisotopic (exact) mass is 412 g/mol. The van der Waals surface area contributed by atoms with E-state index in [1.807, 2.05) is 6.92 Å². The van der Waals surface area contributed by atoms with Crippen molar-refractivity contribution in [2.24, 2.45) is 0 Å². The second-order valence-electron chi connectivity index (χ2n) is 6.03. The number of ether oxygens (including phenoxy) is 3. The molecule has 9 heteroatoms. The molecule has 0 aliphatic heterocycles. The van der Waals surface area contributed by atoms with Crippen LogP contribution in [0.5, 0.6) is 17.2 Å². The topological polar surface area (TPSA) is 68.8 Å². The van der Waals surface area contributed by atoms with Gasteiger partial charge in [-0.2, -0.15) is 13.2 Å². The smallest absolute Gasteiger partial charge is 0.416 e. The quantitative estimate of drug-likeness (QED) is 0.632. The molecule has 0 fully saturated rings. The number of alkyl halides is 3. The van der Waals surface area contributed by atoms with Crippen molar-refractivity contribution in [3.8, 4) is 17.2 Å². The molecular formula is C20H23F3N2O4. The standard InChI is InChI=1S/C20H23F3N2O4/c1-4-9-29-18-7-5-13(20(21,22)23)10-15(18)24-12-19(26)25-16-11-14(27-2)6-8-17(16)28-3/h5-8,10-11,24H,4,9,12H2,1-3H3,(H,25,26). The Morgan fingerprint density at radius 1 is 1.00 bits per heavy atom. The Balaban J connectivity index is 2.14. The third kappa shape index (κ3) is 6.20. The Kier molecular flexibility index (Phi) is 7.58. The zero-order valence-electron chi connectivity index (χ0n) is 16.4. The maximum atomic E-state index is 13.0. The molecule has 6 nitrogen and oxygen atoms in total. The average molecular weight is 412 g/mol. The lowest BCUT2D eigenvalue weighted by Crippen LogP contribution is -2.22. The van der Waals surface area contributed by atoms with Gasteiger partial charge in [0.25, 0.3) is 0 Å². The van der Waals surface area contributed by atoms with Gasteiger partial charge in [0.15, 0.2) is 0 Å². The summed E-state index contributed by atoms with van der Waals surface area (Å²) in [4.78, 5) is 12.3. The fraction of sp³-hybridized carbons (Fsp3) is 0.350. The van der Waals surface area contributed by atoms with Crippen molar-refractivity contribution in [2.45, 2.75) is 19.5 Å². The van der Waals surface area contributed by atoms with Crippen molar-refractivity contribution in [1.29, 1.82) is 0 Å². The zero-order valence-corrected chi connectivity index (χ0v) is 16.4. The number of carbonyl (C=O) groups is 1. The van der Waals surface area contributed by atoms with Crippen LogP contribution in [0.4, 0.5) is 24.5 Å². The highest BCUT2D eigenvalue weighted by Crippen LogP contribution is 2.35. The molecule has 158 valence electrons. The van der Waals surface area contributed by atoms with E-state index in [4.69, 9.17) is 14.2 Å². The number of rotatable bonds is 9. The minimum atomic E-state index is -4.50. The van der Waals surface area contributed by atoms with E-state index in [2.05, 4.69) is 10.6 Å². The third-order valence-electron chi connectivity index (χ3n) is 3.89. The van der Waals surface area contributed by atoms with Crippen LogP contribution in [0.3, 0.4) is 0 Å². The number of hydrogen-bond donors (Lipinski definition) is 2. The molecule has 0 aromatic heterocycles. The summed E-state index contributed by atoms with van der Waals surface area (Å²) < 4.78 is 54.8. The van der Waals surface area contributed by atoms with E-state index in [0.717, 1.165) is 12.1 Å². The van der Waals surface area contributed by atoms with Crippen LogP contribution in [0.25, 0.3) is 0 Å². The first-order valence-electron chi connectivity index (χ1n) is 8.88. The molecular weight excluding hydrogens is 389 g/mol. The molecule has 2 aromatic rings. The van der Waals surface area contributed by atoms with Crippen molar-refractivity contribution < 1.29 is 32.2 Å². The van der Waals surface area contributed by atoms with E-state index in [-0.39, 0.29) is 18.0 Å². The van der Waals surface area contributed by atoms with E-state index < -0.39 is 17.6 Å². The predicted molar refractivity (Wildman–Crippen MR) is 104 cm³/mol. The Bertz CT molecular complexity index is 841. The first-order chi connectivity index (χ1) is 13.8. The van der Waals surface area contributed by atoms with Crippen LogP contribution < -0.4 is 24.8 Å². The Labute approximate surface area is 167 Å². The van der Waals surface area contributed by atoms with E-state index >= 15 is 0 Å². The SMILES string of the molecule is CCCOc1ccc(C(F)(F)F)cc1NCC(=O)Nc1cc(OC)ccc1OC. The molecule has 0 spiro atoms. The molecule has 2 rings (SSSR count). The number of nitrogens with one attached hydrogen (secondary N) is 2. The molecule has 0 bridgehead atoms. The second-order valence-corrected chi connectivity index (χ2v) is 6.03. The number of anilines is 2. The van der Waals surface area contributed by atoms with Gasteiger partial charge in [-0.3, -0.25) is 4.79 Å². The Hall–Kier alpha value is -3.10. The lowest BCUT2D eigenvalue weighted by Gasteiger charge is -2.16. The van der Waals surface area contributed by atoms with E-state index in [1.165, 1.54) is 20.3 Å². The van der Waals surface area contributed by atoms with Crippen LogP contribution in [-0.4, -0.2) is 33.3 Å². The van der Waals surface area contributed by atoms with Gasteiger partial charge in [-0.05, 0) is 36.8 Å². The van der Waals surface area contributed by atoms with Crippen LogP contribution >= 0.6 is 0 Å². The molecule has 2 N–H and O–H groups in total. The largest absolute Gasteiger partial charge is 0.497 e. The fourth-order valence-electron chi connectivity index (χ4n) is 2.46. The summed E-state index contributed by atoms with van der Waals surface area (Å²) in [5.74, 6) is 0.703. The van der Waals surface area contributed by atoms with E-state index in [0.29, 0.717) is 30.2 Å². The maximum Gasteiger partial charge on any atom is 0.416 e. The third-order valence-corrected chi connectivity index (χ3v) is 3.89. The molecule has 2 aromatic carbocycles. The van der Waals surface area contributed by atoms with Gasteiger partial charge in [0.1, 0.15) is 17.2 Å². The van der Waals surface area contributed by atoms with Crippen LogP contribution in [-0.2, 0) is 11.0 Å². The molecule has 1 amide bonds. The predicted octanol–water partition coefficient (Wildman–Crippen LogP) is 4.56. The van der Waals surface area contributed by atoms with Crippen molar-refractivity contribution in [1.82, 2.24) is 0 Å². The van der Waals surface area contributed by atoms with Crippen molar-refractivity contribution >= 4 is 17.3 Å². The number of methoxy groups -OCH3 is 2. The lowest BCUT2D eigenvalue weighted by molar-refractivity contribution is -0.137. The van der Waals surface area contributed by atoms with Crippen molar-refractivity contribution in [3.63, 3.8) is 0 Å². The van der Waals surface area contributed by atoms with Gasteiger partial charge in [-0.15, -0.1) is 0 Å². The summed E-state index contributed by atoms with van der Waals surface area (Å²) in [6, 6.07) is 7.99. The molecule has 0 saturated heterocycles. The minimum absolute atomic E-state index is 0.0843. The Morgan fingerprint density at radius 3 is 2.34 bits per heavy atom. The van der Waals surface area contributed by atoms with Crippen LogP contribution in [0.1, 0.15) is 18.9 Å². The molecule has 0 radical (unpaired) electrons. The summed E-state index contributed by atoms with van der Waals surface area (Å²) in [7, 11) is 2.94. The molecule has 0 unspecified atom stereocenters. The average Bonchev–Trinajstić information content (AvgIpc) is 2.70. The summed E-state index contributed by atoms with van der Waals surface area (Å²) in [6.07, 6.45) is -3.81. The highest BCUT2D eigenvalue weighted by Gasteiger charge is 2.31. The van der Waals surface area contributed by atoms with E-state index in [9.17, 15) is 18.0 Å². The van der Waals surface area contributed by atoms with Gasteiger partial charge < -0.3 is 24.8 Å². The lowest BCUT2D eigenvalue weighted by atomic mass is 10.1. The minimum Gasteiger partial charge on any atom is -0.497 e. The normalized spacial score (nSPS) is 11.0. The van der Waals surface area contributed by atoms with Gasteiger partial charge in [-0.1, -0.05) is 6.92 Å². The number of carbonyl (C=O) groups excluding carboxylic acids is 1. The highest BCUT2D eigenvalue weighted by atomic mass is 19.4. The number of halogens is 3. The van der Waals surface area contributed by atoms with Crippen molar-refractivity contribution in [3.05, 3.63) is 42.0 Å². The molecule has 0 saturated carbocycles. The van der Waals surface area contributed by atoms with Gasteiger partial charge in [0.05, 0.1) is 44.3 Å². The fourth-order valence-corrected chi connectivity index (χ4v) is 2.46. The van der Waals surface area contributed by atoms with Gasteiger partial charge >= 0.3 is 6.18 Å². The summed E-state index contributed by atoms with van der Waals surface area (Å²) >= 11 is 0. The van der Waals surface area contributed by atoms with Gasteiger partial charge in [0.2, 0.25) is 5.91 Å². The number of amides is 1. The highest BCUT2D eigenvalue weighted by molar-refractivity contribution is 5.95. The van der Waals surface area contributed by atoms with E-state index in [1.54, 1.807) is 18.2 Å². The Morgan fingerprint density at radius 2 is 1.72 bits per heavy atom. The molecule has 0 aliphatic carbocycles. The molecule has 0 aliphatic rings. The van der Waals surface area contributed by atoms with Crippen LogP contribution in [0.15, 0.2) is 36.4 Å². The summed E-state index contributed by atoms with van der Waals surface area (Å²) in [6.45, 7) is 1.95. The molecule has 29 heavy (non-hydrogen) atoms. The number of hydrogen-bond acceptors (Lipinski definition) is 5. The summed E-state index contributed by atoms with van der Waals surface area (Å²) in [5.41, 5.74) is -0.370. The van der Waals surface area contributed by atoms with Crippen LogP contribution in [0.2, 0.25) is 0 Å². The van der Waals surface area contributed by atoms with Crippen LogP contribution in [0, 0.1) is 0 Å². The van der Waals surface area contributed by atoms with Gasteiger partial charge in [0, 0.05) is 6.07 Å². The maximum absolute atomic E-state index is 13.0. The number of benzene rings is 2. The molecule has 0 atom stereocenters. The molecule has 0 heterocycles. The van der Waals surface area contributed by atoms with Gasteiger partial charge in [-0.25, -0.2) is 0 Å². The second kappa shape index (κ2) is 9.90. The summed E-state index contributed by atoms with van der Waals surface area (Å²) in [5, 5.41) is 5.36.